The summed E-state index contributed by atoms with van der Waals surface area (Å²) >= 11 is 0. The number of hydrogen-bond donors (Lipinski definition) is 3. The van der Waals surface area contributed by atoms with Gasteiger partial charge < -0.3 is 20.9 Å². The molecule has 1 aromatic carbocycles. The van der Waals surface area contributed by atoms with Gasteiger partial charge in [0.25, 0.3) is 5.91 Å². The molecule has 1 saturated carbocycles. The summed E-state index contributed by atoms with van der Waals surface area (Å²) in [4.78, 5) is 31.5. The number of pyridine rings is 1. The number of aliphatic hydroxyl groups excluding tert-OH is 1. The number of carbonyl (C=O) groups is 2. The average Bonchev–Trinajstić information content (AvgIpc) is 3.43. The molecule has 2 heterocycles. The maximum atomic E-state index is 13.4. The number of quaternary nitrogens is 1. The number of nitrogens with zero attached hydrogens (tertiary/aromatic N) is 4. The van der Waals surface area contributed by atoms with Gasteiger partial charge >= 0.3 is 12.1 Å². The second kappa shape index (κ2) is 13.6. The van der Waals surface area contributed by atoms with E-state index in [1.807, 2.05) is 11.9 Å². The number of halogens is 3. The van der Waals surface area contributed by atoms with Crippen LogP contribution in [0.25, 0.3) is 5.82 Å². The molecule has 226 valence electrons. The van der Waals surface area contributed by atoms with Crippen LogP contribution in [0, 0.1) is 17.0 Å². The third-order valence-electron chi connectivity index (χ3n) is 7.74. The number of primary amides is 1. The van der Waals surface area contributed by atoms with Gasteiger partial charge in [-0.1, -0.05) is 30.3 Å². The van der Waals surface area contributed by atoms with Crippen LogP contribution in [-0.4, -0.2) is 68.5 Å². The zero-order valence-electron chi connectivity index (χ0n) is 23.2. The van der Waals surface area contributed by atoms with Gasteiger partial charge in [0.1, 0.15) is 11.6 Å². The smallest absolute Gasteiger partial charge is 0.391 e. The number of nitrogens with one attached hydrogen (secondary N) is 1. The Labute approximate surface area is 241 Å². The van der Waals surface area contributed by atoms with Crippen molar-refractivity contribution in [3.63, 3.8) is 0 Å². The Morgan fingerprint density at radius 2 is 1.83 bits per heavy atom. The van der Waals surface area contributed by atoms with E-state index in [2.05, 4.69) is 10.1 Å². The standard InChI is InChI=1S/C29H35F3N6O4/c1-36(17-20-9-11-21(12-10-20)29(30,31)32)18-22-13-15-37(35-22)27-23(8-5-14-34-27)28(41)38(42)24(25(39)26(33)40)16-19-6-3-2-4-7-19/h2-8,13-15,20-21,24-25,38-39H,9-12,16-18H2,1H3,(H2,33,40). The Morgan fingerprint density at radius 3 is 2.48 bits per heavy atom. The van der Waals surface area contributed by atoms with Crippen LogP contribution in [-0.2, 0) is 17.8 Å². The van der Waals surface area contributed by atoms with Gasteiger partial charge in [-0.3, -0.25) is 9.86 Å². The number of amides is 2. The number of aromatic nitrogens is 3. The Morgan fingerprint density at radius 1 is 1.14 bits per heavy atom. The molecule has 0 saturated heterocycles. The summed E-state index contributed by atoms with van der Waals surface area (Å²) in [5, 5.41) is 27.3. The Hall–Kier alpha value is -3.65. The van der Waals surface area contributed by atoms with Crippen molar-refractivity contribution in [3.8, 4) is 5.82 Å². The molecular weight excluding hydrogens is 553 g/mol. The predicted molar refractivity (Wildman–Crippen MR) is 147 cm³/mol. The van der Waals surface area contributed by atoms with Crippen molar-refractivity contribution in [1.29, 1.82) is 0 Å². The van der Waals surface area contributed by atoms with Crippen LogP contribution < -0.4 is 10.8 Å². The quantitative estimate of drug-likeness (QED) is 0.291. The fourth-order valence-electron chi connectivity index (χ4n) is 5.49. The van der Waals surface area contributed by atoms with Gasteiger partial charge in [-0.2, -0.15) is 18.3 Å². The minimum Gasteiger partial charge on any atom is -0.626 e. The number of carbonyl (C=O) groups excluding carboxylic acids is 2. The molecule has 4 rings (SSSR count). The predicted octanol–water partition coefficient (Wildman–Crippen LogP) is 2.05. The second-order valence-electron chi connectivity index (χ2n) is 10.9. The monoisotopic (exact) mass is 588 g/mol. The fourth-order valence-corrected chi connectivity index (χ4v) is 5.49. The highest BCUT2D eigenvalue weighted by molar-refractivity contribution is 5.91. The molecule has 13 heteroatoms. The van der Waals surface area contributed by atoms with Crippen LogP contribution in [0.15, 0.2) is 60.9 Å². The highest BCUT2D eigenvalue weighted by Crippen LogP contribution is 2.39. The van der Waals surface area contributed by atoms with Crippen LogP contribution in [0.4, 0.5) is 13.2 Å². The Kier molecular flexibility index (Phi) is 10.1. The molecule has 2 amide bonds. The molecular formula is C29H35F3N6O4. The molecule has 2 aromatic heterocycles. The Balaban J connectivity index is 1.45. The maximum absolute atomic E-state index is 13.4. The molecule has 0 bridgehead atoms. The maximum Gasteiger partial charge on any atom is 0.391 e. The molecule has 0 aliphatic heterocycles. The molecule has 1 aliphatic rings. The molecule has 1 fully saturated rings. The lowest BCUT2D eigenvalue weighted by Gasteiger charge is -2.32. The van der Waals surface area contributed by atoms with Crippen molar-refractivity contribution in [1.82, 2.24) is 19.7 Å². The lowest BCUT2D eigenvalue weighted by Crippen LogP contribution is -3.16. The van der Waals surface area contributed by atoms with E-state index in [9.17, 15) is 33.1 Å². The molecule has 0 radical (unpaired) electrons. The third kappa shape index (κ3) is 7.79. The average molecular weight is 589 g/mol. The zero-order valence-corrected chi connectivity index (χ0v) is 23.2. The number of aliphatic hydroxyl groups is 1. The fraction of sp³-hybridized carbons (Fsp3) is 0.448. The molecule has 3 unspecified atom stereocenters. The van der Waals surface area contributed by atoms with Crippen LogP contribution in [0.5, 0.6) is 0 Å². The highest BCUT2D eigenvalue weighted by Gasteiger charge is 2.41. The van der Waals surface area contributed by atoms with E-state index in [4.69, 9.17) is 5.73 Å². The molecule has 3 aromatic rings. The largest absolute Gasteiger partial charge is 0.626 e. The van der Waals surface area contributed by atoms with E-state index in [0.29, 0.717) is 37.2 Å². The van der Waals surface area contributed by atoms with E-state index in [0.717, 1.165) is 0 Å². The Bertz CT molecular complexity index is 1340. The number of rotatable bonds is 11. The summed E-state index contributed by atoms with van der Waals surface area (Å²) in [6.07, 6.45) is -1.69. The first-order chi connectivity index (χ1) is 19.9. The van der Waals surface area contributed by atoms with Gasteiger partial charge in [0.2, 0.25) is 0 Å². The normalized spacial score (nSPS) is 19.8. The van der Waals surface area contributed by atoms with Crippen LogP contribution >= 0.6 is 0 Å². The summed E-state index contributed by atoms with van der Waals surface area (Å²) in [7, 11) is 1.88. The summed E-state index contributed by atoms with van der Waals surface area (Å²) in [6.45, 7) is 1.05. The van der Waals surface area contributed by atoms with Crippen molar-refractivity contribution >= 4 is 11.8 Å². The summed E-state index contributed by atoms with van der Waals surface area (Å²) in [5.74, 6) is -3.01. The molecule has 1 aliphatic carbocycles. The van der Waals surface area contributed by atoms with Crippen LogP contribution in [0.2, 0.25) is 0 Å². The van der Waals surface area contributed by atoms with Gasteiger partial charge in [-0.05, 0) is 62.4 Å². The number of alkyl halides is 3. The van der Waals surface area contributed by atoms with E-state index in [-0.39, 0.29) is 36.6 Å². The summed E-state index contributed by atoms with van der Waals surface area (Å²) in [5.41, 5.74) is 6.52. The first-order valence-electron chi connectivity index (χ1n) is 13.8. The SMILES string of the molecule is CN(Cc1ccn(-c2ncccc2C(=O)[NH+]([O-])C(Cc2ccccc2)C(O)C(N)=O)n1)CC1CCC(C(F)(F)F)CC1. The van der Waals surface area contributed by atoms with Crippen molar-refractivity contribution in [2.24, 2.45) is 17.6 Å². The summed E-state index contributed by atoms with van der Waals surface area (Å²) < 4.78 is 40.3. The first-order valence-corrected chi connectivity index (χ1v) is 13.8. The van der Waals surface area contributed by atoms with Crippen molar-refractivity contribution < 1.29 is 32.9 Å². The molecule has 0 spiro atoms. The van der Waals surface area contributed by atoms with E-state index < -0.39 is 41.1 Å². The van der Waals surface area contributed by atoms with E-state index in [1.165, 1.54) is 23.0 Å². The minimum atomic E-state index is -4.13. The lowest BCUT2D eigenvalue weighted by molar-refractivity contribution is -0.792. The topological polar surface area (TPSA) is 142 Å². The lowest BCUT2D eigenvalue weighted by atomic mass is 9.81. The van der Waals surface area contributed by atoms with Gasteiger partial charge in [0, 0.05) is 31.9 Å². The molecule has 4 N–H and O–H groups in total. The van der Waals surface area contributed by atoms with Gasteiger partial charge in [-0.15, -0.1) is 0 Å². The van der Waals surface area contributed by atoms with Crippen molar-refractivity contribution in [3.05, 3.63) is 83.0 Å². The zero-order chi connectivity index (χ0) is 30.4. The van der Waals surface area contributed by atoms with Crippen LogP contribution in [0.1, 0.15) is 47.3 Å². The first kappa shape index (κ1) is 31.3. The number of nitrogens with two attached hydrogens (primary N) is 1. The summed E-state index contributed by atoms with van der Waals surface area (Å²) in [6, 6.07) is 11.9. The second-order valence-corrected chi connectivity index (χ2v) is 10.9. The molecule has 42 heavy (non-hydrogen) atoms. The molecule has 10 nitrogen and oxygen atoms in total. The minimum absolute atomic E-state index is 0.0540. The van der Waals surface area contributed by atoms with Crippen molar-refractivity contribution in [2.75, 3.05) is 13.6 Å². The van der Waals surface area contributed by atoms with Crippen molar-refractivity contribution in [2.45, 2.75) is 57.0 Å². The number of hydroxylamine groups is 2. The van der Waals surface area contributed by atoms with Gasteiger partial charge in [0.15, 0.2) is 11.9 Å². The number of hydrogen-bond acceptors (Lipinski definition) is 7. The molecule has 3 atom stereocenters. The van der Waals surface area contributed by atoms with Gasteiger partial charge in [0.05, 0.1) is 11.6 Å². The third-order valence-corrected chi connectivity index (χ3v) is 7.74. The van der Waals surface area contributed by atoms with E-state index in [1.54, 1.807) is 42.6 Å². The van der Waals surface area contributed by atoms with Crippen LogP contribution in [0.3, 0.4) is 0 Å². The van der Waals surface area contributed by atoms with Gasteiger partial charge in [-0.25, -0.2) is 14.5 Å². The highest BCUT2D eigenvalue weighted by atomic mass is 19.4. The van der Waals surface area contributed by atoms with E-state index >= 15 is 0 Å². The number of benzene rings is 1.